The number of carbonyl (C=O) groups is 1. The lowest BCUT2D eigenvalue weighted by Gasteiger charge is -2.25. The van der Waals surface area contributed by atoms with E-state index in [1.165, 1.54) is 17.4 Å². The number of hydrogen-bond donors (Lipinski definition) is 0. The maximum Gasteiger partial charge on any atom is 0.197 e. The maximum atomic E-state index is 12.5. The van der Waals surface area contributed by atoms with E-state index < -0.39 is 0 Å². The summed E-state index contributed by atoms with van der Waals surface area (Å²) >= 11 is 13.4. The van der Waals surface area contributed by atoms with E-state index in [1.807, 2.05) is 6.92 Å². The average molecular weight is 383 g/mol. The van der Waals surface area contributed by atoms with Gasteiger partial charge in [-0.05, 0) is 36.8 Å². The summed E-state index contributed by atoms with van der Waals surface area (Å²) in [4.78, 5) is 19.8. The minimum absolute atomic E-state index is 0.0736. The molecular formula is C17H16Cl2N2O2S. The normalized spacial score (nSPS) is 15.2. The van der Waals surface area contributed by atoms with Crippen LogP contribution in [0.1, 0.15) is 20.9 Å². The first-order valence-corrected chi connectivity index (χ1v) is 9.09. The number of hydrogen-bond acceptors (Lipinski definition) is 5. The lowest BCUT2D eigenvalue weighted by Crippen LogP contribution is -2.36. The van der Waals surface area contributed by atoms with Gasteiger partial charge in [-0.2, -0.15) is 0 Å². The number of morpholine rings is 1. The molecule has 7 heteroatoms. The van der Waals surface area contributed by atoms with Gasteiger partial charge in [-0.25, -0.2) is 4.98 Å². The van der Waals surface area contributed by atoms with Crippen LogP contribution in [0.4, 0.5) is 5.13 Å². The van der Waals surface area contributed by atoms with Crippen LogP contribution < -0.4 is 4.90 Å². The van der Waals surface area contributed by atoms with Gasteiger partial charge in [0.1, 0.15) is 0 Å². The zero-order valence-electron chi connectivity index (χ0n) is 13.1. The molecule has 3 rings (SSSR count). The molecule has 1 aromatic carbocycles. The van der Waals surface area contributed by atoms with Gasteiger partial charge in [-0.15, -0.1) is 0 Å². The summed E-state index contributed by atoms with van der Waals surface area (Å²) in [7, 11) is 0. The molecule has 1 fully saturated rings. The minimum atomic E-state index is -0.0736. The predicted octanol–water partition coefficient (Wildman–Crippen LogP) is 4.49. The highest BCUT2D eigenvalue weighted by Crippen LogP contribution is 2.28. The van der Waals surface area contributed by atoms with Crippen LogP contribution in [0.3, 0.4) is 0 Å². The summed E-state index contributed by atoms with van der Waals surface area (Å²) in [5, 5.41) is 1.95. The number of aryl methyl sites for hydroxylation is 1. The molecule has 126 valence electrons. The Morgan fingerprint density at radius 2 is 2.08 bits per heavy atom. The number of halogens is 2. The van der Waals surface area contributed by atoms with Gasteiger partial charge in [0.25, 0.3) is 0 Å². The van der Waals surface area contributed by atoms with E-state index in [0.29, 0.717) is 28.1 Å². The van der Waals surface area contributed by atoms with Gasteiger partial charge in [0.05, 0.1) is 23.8 Å². The molecule has 4 nitrogen and oxygen atoms in total. The lowest BCUT2D eigenvalue weighted by molar-refractivity contribution is 0.105. The van der Waals surface area contributed by atoms with Gasteiger partial charge in [0.15, 0.2) is 10.9 Å². The van der Waals surface area contributed by atoms with E-state index in [-0.39, 0.29) is 5.78 Å². The third-order valence-corrected chi connectivity index (χ3v) is 5.46. The second-order valence-electron chi connectivity index (χ2n) is 5.37. The van der Waals surface area contributed by atoms with E-state index in [1.54, 1.807) is 24.3 Å². The number of allylic oxidation sites excluding steroid dienone is 1. The molecule has 0 bridgehead atoms. The Hall–Kier alpha value is -1.40. The van der Waals surface area contributed by atoms with Gasteiger partial charge in [0, 0.05) is 23.1 Å². The van der Waals surface area contributed by atoms with Crippen LogP contribution in [-0.2, 0) is 4.74 Å². The van der Waals surface area contributed by atoms with Crippen LogP contribution in [0, 0.1) is 6.92 Å². The first-order valence-electron chi connectivity index (χ1n) is 7.52. The summed E-state index contributed by atoms with van der Waals surface area (Å²) in [6.07, 6.45) is 3.23. The van der Waals surface area contributed by atoms with Crippen molar-refractivity contribution in [3.63, 3.8) is 0 Å². The Labute approximate surface area is 154 Å². The Morgan fingerprint density at radius 3 is 2.79 bits per heavy atom. The van der Waals surface area contributed by atoms with E-state index in [4.69, 9.17) is 27.9 Å². The topological polar surface area (TPSA) is 42.4 Å². The van der Waals surface area contributed by atoms with E-state index in [0.717, 1.165) is 29.5 Å². The van der Waals surface area contributed by atoms with Gasteiger partial charge >= 0.3 is 0 Å². The zero-order valence-corrected chi connectivity index (χ0v) is 15.4. The lowest BCUT2D eigenvalue weighted by atomic mass is 10.2. The Balaban J connectivity index is 1.77. The van der Waals surface area contributed by atoms with Crippen molar-refractivity contribution < 1.29 is 9.53 Å². The van der Waals surface area contributed by atoms with Crippen LogP contribution in [0.15, 0.2) is 24.3 Å². The third-order valence-electron chi connectivity index (χ3n) is 3.67. The van der Waals surface area contributed by atoms with Crippen LogP contribution in [0.2, 0.25) is 10.0 Å². The fraction of sp³-hybridized carbons (Fsp3) is 0.294. The number of rotatable bonds is 4. The van der Waals surface area contributed by atoms with E-state index in [9.17, 15) is 4.79 Å². The van der Waals surface area contributed by atoms with Gasteiger partial charge in [0.2, 0.25) is 0 Å². The van der Waals surface area contributed by atoms with Crippen molar-refractivity contribution in [3.05, 3.63) is 50.5 Å². The SMILES string of the molecule is Cc1nc(N2CCOCC2)sc1C(=O)C=Cc1ccc(Cl)cc1Cl. The van der Waals surface area contributed by atoms with Crippen LogP contribution in [-0.4, -0.2) is 37.1 Å². The molecule has 0 aliphatic carbocycles. The Morgan fingerprint density at radius 1 is 1.33 bits per heavy atom. The number of aromatic nitrogens is 1. The highest BCUT2D eigenvalue weighted by atomic mass is 35.5. The smallest absolute Gasteiger partial charge is 0.197 e. The van der Waals surface area contributed by atoms with Crippen molar-refractivity contribution in [2.45, 2.75) is 6.92 Å². The molecule has 0 amide bonds. The molecule has 1 saturated heterocycles. The first-order chi connectivity index (χ1) is 11.5. The minimum Gasteiger partial charge on any atom is -0.378 e. The number of ketones is 1. The molecule has 0 unspecified atom stereocenters. The second-order valence-corrected chi connectivity index (χ2v) is 7.19. The molecule has 24 heavy (non-hydrogen) atoms. The summed E-state index contributed by atoms with van der Waals surface area (Å²) in [6, 6.07) is 5.18. The highest BCUT2D eigenvalue weighted by molar-refractivity contribution is 7.17. The fourth-order valence-electron chi connectivity index (χ4n) is 2.38. The molecule has 2 aromatic rings. The molecule has 0 saturated carbocycles. The van der Waals surface area contributed by atoms with E-state index >= 15 is 0 Å². The van der Waals surface area contributed by atoms with E-state index in [2.05, 4.69) is 9.88 Å². The number of ether oxygens (including phenoxy) is 1. The van der Waals surface area contributed by atoms with Crippen LogP contribution >= 0.6 is 34.5 Å². The van der Waals surface area contributed by atoms with Crippen molar-refractivity contribution >= 4 is 51.5 Å². The van der Waals surface area contributed by atoms with Crippen molar-refractivity contribution in [1.29, 1.82) is 0 Å². The monoisotopic (exact) mass is 382 g/mol. The summed E-state index contributed by atoms with van der Waals surface area (Å²) in [5.41, 5.74) is 1.50. The molecule has 0 N–H and O–H groups in total. The third kappa shape index (κ3) is 3.98. The average Bonchev–Trinajstić information content (AvgIpc) is 2.96. The molecule has 1 aromatic heterocycles. The predicted molar refractivity (Wildman–Crippen MR) is 99.7 cm³/mol. The number of benzene rings is 1. The molecular weight excluding hydrogens is 367 g/mol. The maximum absolute atomic E-state index is 12.5. The zero-order chi connectivity index (χ0) is 17.1. The molecule has 1 aliphatic rings. The quantitative estimate of drug-likeness (QED) is 0.576. The molecule has 0 spiro atoms. The standard InChI is InChI=1S/C17H16Cl2N2O2S/c1-11-16(24-17(20-11)21-6-8-23-9-7-21)15(22)5-3-12-2-4-13(18)10-14(12)19/h2-5,10H,6-9H2,1H3. The summed E-state index contributed by atoms with van der Waals surface area (Å²) < 4.78 is 5.35. The molecule has 2 heterocycles. The van der Waals surface area contributed by atoms with Crippen molar-refractivity contribution in [3.8, 4) is 0 Å². The van der Waals surface area contributed by atoms with Crippen molar-refractivity contribution in [1.82, 2.24) is 4.98 Å². The number of thiazole rings is 1. The largest absolute Gasteiger partial charge is 0.378 e. The van der Waals surface area contributed by atoms with Crippen LogP contribution in [0.25, 0.3) is 6.08 Å². The highest BCUT2D eigenvalue weighted by Gasteiger charge is 2.19. The van der Waals surface area contributed by atoms with Gasteiger partial charge in [-0.1, -0.05) is 40.6 Å². The number of nitrogens with zero attached hydrogens (tertiary/aromatic N) is 2. The first kappa shape index (κ1) is 17.4. The number of anilines is 1. The fourth-order valence-corrected chi connectivity index (χ4v) is 3.89. The summed E-state index contributed by atoms with van der Waals surface area (Å²) in [6.45, 7) is 4.85. The summed E-state index contributed by atoms with van der Waals surface area (Å²) in [5.74, 6) is -0.0736. The molecule has 0 atom stereocenters. The van der Waals surface area contributed by atoms with Crippen molar-refractivity contribution in [2.75, 3.05) is 31.2 Å². The molecule has 0 radical (unpaired) electrons. The Bertz CT molecular complexity index is 783. The molecule has 1 aliphatic heterocycles. The van der Waals surface area contributed by atoms with Crippen LogP contribution in [0.5, 0.6) is 0 Å². The van der Waals surface area contributed by atoms with Gasteiger partial charge < -0.3 is 9.64 Å². The Kier molecular flexibility index (Phi) is 5.56. The number of carbonyl (C=O) groups excluding carboxylic acids is 1. The second kappa shape index (κ2) is 7.66. The van der Waals surface area contributed by atoms with Gasteiger partial charge in [-0.3, -0.25) is 4.79 Å². The van der Waals surface area contributed by atoms with Crippen molar-refractivity contribution in [2.24, 2.45) is 0 Å².